The lowest BCUT2D eigenvalue weighted by atomic mass is 10.2. The molecule has 3 heterocycles. The Morgan fingerprint density at radius 1 is 1.10 bits per heavy atom. The molecule has 3 aromatic heterocycles. The summed E-state index contributed by atoms with van der Waals surface area (Å²) >= 11 is 0. The number of nitrogen functional groups attached to an aromatic ring is 1. The standard InChI is InChI=1S/C15H19N5O/c1-7-9(3)20(6-12-8(2)19-21-10(12)4)15-13(7)14(16)17-11(5)18-15/h6H2,1-5H3,(H2,16,17,18). The van der Waals surface area contributed by atoms with E-state index in [1.165, 1.54) is 0 Å². The second-order valence-corrected chi connectivity index (χ2v) is 5.45. The monoisotopic (exact) mass is 285 g/mol. The predicted octanol–water partition coefficient (Wildman–Crippen LogP) is 2.59. The molecule has 0 aliphatic rings. The van der Waals surface area contributed by atoms with E-state index in [1.54, 1.807) is 0 Å². The summed E-state index contributed by atoms with van der Waals surface area (Å²) in [4.78, 5) is 8.85. The number of nitrogens with zero attached hydrogens (tertiary/aromatic N) is 4. The van der Waals surface area contributed by atoms with Gasteiger partial charge in [0, 0.05) is 11.3 Å². The van der Waals surface area contributed by atoms with Crippen molar-refractivity contribution >= 4 is 16.9 Å². The number of rotatable bonds is 2. The van der Waals surface area contributed by atoms with Crippen LogP contribution in [0.3, 0.4) is 0 Å². The summed E-state index contributed by atoms with van der Waals surface area (Å²) in [5, 5.41) is 4.95. The van der Waals surface area contributed by atoms with E-state index in [4.69, 9.17) is 10.3 Å². The number of aromatic nitrogens is 4. The van der Waals surface area contributed by atoms with Gasteiger partial charge in [0.1, 0.15) is 23.0 Å². The summed E-state index contributed by atoms with van der Waals surface area (Å²) in [5.41, 5.74) is 11.2. The van der Waals surface area contributed by atoms with Crippen molar-refractivity contribution in [3.63, 3.8) is 0 Å². The van der Waals surface area contributed by atoms with Crippen molar-refractivity contribution in [1.29, 1.82) is 0 Å². The Hall–Kier alpha value is -2.37. The molecule has 3 aromatic rings. The van der Waals surface area contributed by atoms with Gasteiger partial charge in [-0.2, -0.15) is 0 Å². The smallest absolute Gasteiger partial charge is 0.146 e. The van der Waals surface area contributed by atoms with Crippen LogP contribution in [0.1, 0.15) is 34.1 Å². The molecule has 6 nitrogen and oxygen atoms in total. The normalized spacial score (nSPS) is 11.5. The largest absolute Gasteiger partial charge is 0.383 e. The van der Waals surface area contributed by atoms with Gasteiger partial charge < -0.3 is 14.8 Å². The summed E-state index contributed by atoms with van der Waals surface area (Å²) in [6, 6.07) is 0. The van der Waals surface area contributed by atoms with E-state index in [-0.39, 0.29) is 0 Å². The van der Waals surface area contributed by atoms with E-state index >= 15 is 0 Å². The fourth-order valence-corrected chi connectivity index (χ4v) is 2.76. The zero-order valence-corrected chi connectivity index (χ0v) is 13.0. The highest BCUT2D eigenvalue weighted by Gasteiger charge is 2.18. The molecule has 0 radical (unpaired) electrons. The van der Waals surface area contributed by atoms with Crippen molar-refractivity contribution in [3.05, 3.63) is 34.1 Å². The molecular weight excluding hydrogens is 266 g/mol. The van der Waals surface area contributed by atoms with E-state index in [9.17, 15) is 0 Å². The second kappa shape index (κ2) is 4.58. The average molecular weight is 285 g/mol. The van der Waals surface area contributed by atoms with E-state index < -0.39 is 0 Å². The fourth-order valence-electron chi connectivity index (χ4n) is 2.76. The highest BCUT2D eigenvalue weighted by molar-refractivity contribution is 5.91. The van der Waals surface area contributed by atoms with E-state index in [2.05, 4.69) is 33.5 Å². The molecule has 0 spiro atoms. The zero-order chi connectivity index (χ0) is 15.3. The minimum atomic E-state index is 0.538. The van der Waals surface area contributed by atoms with Crippen LogP contribution in [-0.2, 0) is 6.54 Å². The van der Waals surface area contributed by atoms with Crippen LogP contribution >= 0.6 is 0 Å². The Morgan fingerprint density at radius 2 is 1.81 bits per heavy atom. The van der Waals surface area contributed by atoms with Gasteiger partial charge in [0.25, 0.3) is 0 Å². The van der Waals surface area contributed by atoms with Crippen molar-refractivity contribution in [2.45, 2.75) is 41.2 Å². The number of aryl methyl sites for hydroxylation is 4. The Kier molecular flexibility index (Phi) is 2.97. The van der Waals surface area contributed by atoms with E-state index in [1.807, 2.05) is 20.8 Å². The topological polar surface area (TPSA) is 82.8 Å². The van der Waals surface area contributed by atoms with Crippen LogP contribution in [0.15, 0.2) is 4.52 Å². The summed E-state index contributed by atoms with van der Waals surface area (Å²) in [6.45, 7) is 10.5. The number of hydrogen-bond donors (Lipinski definition) is 1. The minimum absolute atomic E-state index is 0.538. The van der Waals surface area contributed by atoms with Gasteiger partial charge in [0.05, 0.1) is 17.6 Å². The van der Waals surface area contributed by atoms with Crippen LogP contribution < -0.4 is 5.73 Å². The van der Waals surface area contributed by atoms with Crippen molar-refractivity contribution in [2.75, 3.05) is 5.73 Å². The molecular formula is C15H19N5O. The quantitative estimate of drug-likeness (QED) is 0.782. The Balaban J connectivity index is 2.26. The zero-order valence-electron chi connectivity index (χ0n) is 13.0. The minimum Gasteiger partial charge on any atom is -0.383 e. The Morgan fingerprint density at radius 3 is 2.43 bits per heavy atom. The summed E-state index contributed by atoms with van der Waals surface area (Å²) in [5.74, 6) is 2.05. The first-order chi connectivity index (χ1) is 9.90. The molecule has 0 atom stereocenters. The highest BCUT2D eigenvalue weighted by atomic mass is 16.5. The van der Waals surface area contributed by atoms with Gasteiger partial charge in [0.2, 0.25) is 0 Å². The molecule has 21 heavy (non-hydrogen) atoms. The molecule has 0 saturated heterocycles. The first-order valence-electron chi connectivity index (χ1n) is 6.91. The van der Waals surface area contributed by atoms with Crippen LogP contribution in [0, 0.1) is 34.6 Å². The van der Waals surface area contributed by atoms with Crippen LogP contribution in [0.25, 0.3) is 11.0 Å². The third kappa shape index (κ3) is 1.98. The lowest BCUT2D eigenvalue weighted by molar-refractivity contribution is 0.392. The van der Waals surface area contributed by atoms with Gasteiger partial charge in [-0.15, -0.1) is 0 Å². The van der Waals surface area contributed by atoms with Gasteiger partial charge >= 0.3 is 0 Å². The molecule has 6 heteroatoms. The van der Waals surface area contributed by atoms with Crippen LogP contribution in [0.2, 0.25) is 0 Å². The fraction of sp³-hybridized carbons (Fsp3) is 0.400. The van der Waals surface area contributed by atoms with E-state index in [0.717, 1.165) is 39.3 Å². The van der Waals surface area contributed by atoms with Gasteiger partial charge in [-0.05, 0) is 40.2 Å². The molecule has 0 unspecified atom stereocenters. The third-order valence-corrected chi connectivity index (χ3v) is 4.11. The lowest BCUT2D eigenvalue weighted by Gasteiger charge is -2.08. The van der Waals surface area contributed by atoms with Gasteiger partial charge in [-0.25, -0.2) is 9.97 Å². The summed E-state index contributed by atoms with van der Waals surface area (Å²) in [6.07, 6.45) is 0. The molecule has 110 valence electrons. The summed E-state index contributed by atoms with van der Waals surface area (Å²) < 4.78 is 7.41. The highest BCUT2D eigenvalue weighted by Crippen LogP contribution is 2.29. The van der Waals surface area contributed by atoms with Crippen molar-refractivity contribution in [3.8, 4) is 0 Å². The molecule has 0 saturated carbocycles. The molecule has 0 fully saturated rings. The molecule has 3 rings (SSSR count). The van der Waals surface area contributed by atoms with Crippen LogP contribution in [0.4, 0.5) is 5.82 Å². The van der Waals surface area contributed by atoms with Gasteiger partial charge in [-0.3, -0.25) is 0 Å². The molecule has 0 aliphatic heterocycles. The molecule has 0 bridgehead atoms. The number of fused-ring (bicyclic) bond motifs is 1. The van der Waals surface area contributed by atoms with Crippen molar-refractivity contribution in [2.24, 2.45) is 0 Å². The SMILES string of the molecule is Cc1nc(N)c2c(C)c(C)n(Cc3c(C)noc3C)c2n1. The lowest BCUT2D eigenvalue weighted by Crippen LogP contribution is -2.06. The van der Waals surface area contributed by atoms with Crippen molar-refractivity contribution < 1.29 is 4.52 Å². The first kappa shape index (κ1) is 13.6. The van der Waals surface area contributed by atoms with Crippen LogP contribution in [0.5, 0.6) is 0 Å². The van der Waals surface area contributed by atoms with Gasteiger partial charge in [-0.1, -0.05) is 5.16 Å². The van der Waals surface area contributed by atoms with Crippen molar-refractivity contribution in [1.82, 2.24) is 19.7 Å². The Bertz CT molecular complexity index is 824. The maximum absolute atomic E-state index is 6.08. The predicted molar refractivity (Wildman–Crippen MR) is 81.2 cm³/mol. The molecule has 0 aromatic carbocycles. The number of nitrogens with two attached hydrogens (primary N) is 1. The third-order valence-electron chi connectivity index (χ3n) is 4.11. The van der Waals surface area contributed by atoms with E-state index in [0.29, 0.717) is 18.2 Å². The Labute approximate surface area is 123 Å². The van der Waals surface area contributed by atoms with Gasteiger partial charge in [0.15, 0.2) is 0 Å². The van der Waals surface area contributed by atoms with Crippen LogP contribution in [-0.4, -0.2) is 19.7 Å². The second-order valence-electron chi connectivity index (χ2n) is 5.45. The maximum atomic E-state index is 6.08. The first-order valence-corrected chi connectivity index (χ1v) is 6.91. The number of hydrogen-bond acceptors (Lipinski definition) is 5. The molecule has 0 aliphatic carbocycles. The average Bonchev–Trinajstić information content (AvgIpc) is 2.84. The maximum Gasteiger partial charge on any atom is 0.146 e. The molecule has 0 amide bonds. The summed E-state index contributed by atoms with van der Waals surface area (Å²) in [7, 11) is 0. The molecule has 2 N–H and O–H groups in total. The number of anilines is 1.